The number of nitrogens with zero attached hydrogens (tertiary/aromatic N) is 2. The van der Waals surface area contributed by atoms with E-state index >= 15 is 0 Å². The number of carbonyl (C=O) groups is 2. The molecule has 3 aromatic rings. The number of aryl methyl sites for hydroxylation is 2. The first-order chi connectivity index (χ1) is 13.5. The summed E-state index contributed by atoms with van der Waals surface area (Å²) in [5, 5.41) is 12.1. The van der Waals surface area contributed by atoms with E-state index in [0.717, 1.165) is 12.0 Å². The molecule has 8 heteroatoms. The van der Waals surface area contributed by atoms with Gasteiger partial charge in [0.15, 0.2) is 5.69 Å². The van der Waals surface area contributed by atoms with E-state index in [1.54, 1.807) is 6.07 Å². The largest absolute Gasteiger partial charge is 0.495 e. The maximum absolute atomic E-state index is 12.6. The third-order valence-corrected chi connectivity index (χ3v) is 4.30. The first-order valence-electron chi connectivity index (χ1n) is 8.76. The first-order valence-corrected chi connectivity index (χ1v) is 8.76. The molecule has 8 nitrogen and oxygen atoms in total. The molecule has 3 N–H and O–H groups in total. The zero-order valence-electron chi connectivity index (χ0n) is 15.9. The highest BCUT2D eigenvalue weighted by Gasteiger charge is 2.18. The number of anilines is 2. The zero-order valence-corrected chi connectivity index (χ0v) is 15.9. The molecular formula is C20H21N5O3. The summed E-state index contributed by atoms with van der Waals surface area (Å²) < 4.78 is 5.07. The topological polar surface area (TPSA) is 109 Å². The third kappa shape index (κ3) is 4.17. The number of aromatic amines is 1. The number of benzene rings is 1. The van der Waals surface area contributed by atoms with Gasteiger partial charge in [-0.25, -0.2) is 0 Å². The Morgan fingerprint density at radius 2 is 1.96 bits per heavy atom. The van der Waals surface area contributed by atoms with Crippen LogP contribution in [0, 0.1) is 6.92 Å². The normalized spacial score (nSPS) is 10.4. The van der Waals surface area contributed by atoms with Crippen molar-refractivity contribution in [2.24, 2.45) is 0 Å². The van der Waals surface area contributed by atoms with Crippen molar-refractivity contribution in [2.75, 3.05) is 17.7 Å². The lowest BCUT2D eigenvalue weighted by Crippen LogP contribution is -2.18. The highest BCUT2D eigenvalue weighted by atomic mass is 16.5. The smallest absolute Gasteiger partial charge is 0.278 e. The van der Waals surface area contributed by atoms with Gasteiger partial charge in [-0.3, -0.25) is 19.7 Å². The molecule has 28 heavy (non-hydrogen) atoms. The van der Waals surface area contributed by atoms with Gasteiger partial charge in [0.2, 0.25) is 0 Å². The summed E-state index contributed by atoms with van der Waals surface area (Å²) in [4.78, 5) is 29.0. The van der Waals surface area contributed by atoms with Gasteiger partial charge < -0.3 is 15.4 Å². The Bertz CT molecular complexity index is 1010. The molecule has 3 rings (SSSR count). The van der Waals surface area contributed by atoms with Gasteiger partial charge in [-0.05, 0) is 42.7 Å². The number of amides is 2. The predicted molar refractivity (Wildman–Crippen MR) is 106 cm³/mol. The van der Waals surface area contributed by atoms with Gasteiger partial charge in [0, 0.05) is 18.1 Å². The van der Waals surface area contributed by atoms with E-state index in [4.69, 9.17) is 4.74 Å². The number of nitrogens with one attached hydrogen (secondary N) is 3. The predicted octanol–water partition coefficient (Wildman–Crippen LogP) is 3.19. The van der Waals surface area contributed by atoms with Crippen LogP contribution in [0.2, 0.25) is 0 Å². The van der Waals surface area contributed by atoms with Crippen molar-refractivity contribution in [1.82, 2.24) is 15.2 Å². The number of hydrogen-bond acceptors (Lipinski definition) is 5. The third-order valence-electron chi connectivity index (χ3n) is 4.30. The number of aromatic nitrogens is 3. The van der Waals surface area contributed by atoms with Crippen molar-refractivity contribution in [3.8, 4) is 5.75 Å². The lowest BCUT2D eigenvalue weighted by atomic mass is 10.1. The fraction of sp³-hybridized carbons (Fsp3) is 0.200. The molecule has 2 amide bonds. The van der Waals surface area contributed by atoms with Crippen molar-refractivity contribution in [2.45, 2.75) is 20.3 Å². The molecule has 0 aliphatic rings. The SMILES string of the molecule is CCc1cc(NC(=O)c2n[nH]cc2NC(=O)c2cncc(OC)c2)ccc1C. The molecule has 0 saturated carbocycles. The van der Waals surface area contributed by atoms with Crippen molar-refractivity contribution in [3.63, 3.8) is 0 Å². The van der Waals surface area contributed by atoms with E-state index in [0.29, 0.717) is 17.0 Å². The number of H-pyrrole nitrogens is 1. The van der Waals surface area contributed by atoms with Gasteiger partial charge in [0.25, 0.3) is 11.8 Å². The Balaban J connectivity index is 1.75. The van der Waals surface area contributed by atoms with Crippen LogP contribution in [0.5, 0.6) is 5.75 Å². The number of methoxy groups -OCH3 is 1. The summed E-state index contributed by atoms with van der Waals surface area (Å²) in [6, 6.07) is 7.28. The molecule has 0 bridgehead atoms. The molecule has 0 fully saturated rings. The highest BCUT2D eigenvalue weighted by Crippen LogP contribution is 2.19. The van der Waals surface area contributed by atoms with E-state index in [-0.39, 0.29) is 11.4 Å². The van der Waals surface area contributed by atoms with Crippen LogP contribution in [0.15, 0.2) is 42.9 Å². The van der Waals surface area contributed by atoms with Gasteiger partial charge in [-0.15, -0.1) is 0 Å². The van der Waals surface area contributed by atoms with E-state index in [2.05, 4.69) is 32.7 Å². The minimum atomic E-state index is -0.426. The highest BCUT2D eigenvalue weighted by molar-refractivity contribution is 6.11. The van der Waals surface area contributed by atoms with E-state index < -0.39 is 11.8 Å². The average molecular weight is 379 g/mol. The summed E-state index contributed by atoms with van der Waals surface area (Å²) in [6.07, 6.45) is 5.23. The van der Waals surface area contributed by atoms with E-state index in [1.807, 2.05) is 25.1 Å². The second-order valence-electron chi connectivity index (χ2n) is 6.16. The molecule has 0 atom stereocenters. The summed E-state index contributed by atoms with van der Waals surface area (Å²) in [5.41, 5.74) is 3.65. The fourth-order valence-corrected chi connectivity index (χ4v) is 2.73. The molecule has 144 valence electrons. The van der Waals surface area contributed by atoms with Crippen LogP contribution >= 0.6 is 0 Å². The van der Waals surface area contributed by atoms with Gasteiger partial charge in [-0.1, -0.05) is 13.0 Å². The number of rotatable bonds is 6. The molecule has 2 aromatic heterocycles. The quantitative estimate of drug-likeness (QED) is 0.609. The Kier molecular flexibility index (Phi) is 5.69. The molecular weight excluding hydrogens is 358 g/mol. The molecule has 0 unspecified atom stereocenters. The van der Waals surface area contributed by atoms with Crippen LogP contribution in [-0.4, -0.2) is 34.1 Å². The van der Waals surface area contributed by atoms with E-state index in [1.165, 1.54) is 31.3 Å². The second kappa shape index (κ2) is 8.34. The van der Waals surface area contributed by atoms with Crippen molar-refractivity contribution < 1.29 is 14.3 Å². The summed E-state index contributed by atoms with van der Waals surface area (Å²) in [6.45, 7) is 4.09. The van der Waals surface area contributed by atoms with E-state index in [9.17, 15) is 9.59 Å². The standard InChI is InChI=1S/C20H21N5O3/c1-4-13-7-15(6-5-12(13)2)23-20(27)18-17(11-22-25-18)24-19(26)14-8-16(28-3)10-21-9-14/h5-11H,4H2,1-3H3,(H,22,25)(H,23,27)(H,24,26). The summed E-state index contributed by atoms with van der Waals surface area (Å²) in [5.74, 6) is -0.388. The van der Waals surface area contributed by atoms with Gasteiger partial charge in [0.05, 0.1) is 24.6 Å². The number of carbonyl (C=O) groups excluding carboxylic acids is 2. The van der Waals surface area contributed by atoms with Crippen LogP contribution in [0.4, 0.5) is 11.4 Å². The second-order valence-corrected chi connectivity index (χ2v) is 6.16. The first kappa shape index (κ1) is 19.1. The molecule has 2 heterocycles. The zero-order chi connectivity index (χ0) is 20.1. The molecule has 0 aliphatic carbocycles. The molecule has 0 spiro atoms. The molecule has 0 radical (unpaired) electrons. The van der Waals surface area contributed by atoms with Gasteiger partial charge in [0.1, 0.15) is 5.75 Å². The van der Waals surface area contributed by atoms with Gasteiger partial charge >= 0.3 is 0 Å². The molecule has 1 aromatic carbocycles. The summed E-state index contributed by atoms with van der Waals surface area (Å²) >= 11 is 0. The van der Waals surface area contributed by atoms with Crippen molar-refractivity contribution >= 4 is 23.2 Å². The lowest BCUT2D eigenvalue weighted by molar-refractivity contribution is 0.102. The Morgan fingerprint density at radius 3 is 2.71 bits per heavy atom. The fourth-order valence-electron chi connectivity index (χ4n) is 2.73. The van der Waals surface area contributed by atoms with Crippen LogP contribution in [-0.2, 0) is 6.42 Å². The Morgan fingerprint density at radius 1 is 1.14 bits per heavy atom. The maximum Gasteiger partial charge on any atom is 0.278 e. The van der Waals surface area contributed by atoms with Crippen molar-refractivity contribution in [3.05, 3.63) is 65.2 Å². The monoisotopic (exact) mass is 379 g/mol. The van der Waals surface area contributed by atoms with Gasteiger partial charge in [-0.2, -0.15) is 5.10 Å². The van der Waals surface area contributed by atoms with Crippen LogP contribution in [0.25, 0.3) is 0 Å². The van der Waals surface area contributed by atoms with Crippen molar-refractivity contribution in [1.29, 1.82) is 0 Å². The Hall–Kier alpha value is -3.68. The molecule has 0 aliphatic heterocycles. The Labute approximate surface area is 162 Å². The summed E-state index contributed by atoms with van der Waals surface area (Å²) in [7, 11) is 1.49. The average Bonchev–Trinajstić information content (AvgIpc) is 3.17. The number of pyridine rings is 1. The minimum Gasteiger partial charge on any atom is -0.495 e. The molecule has 0 saturated heterocycles. The van der Waals surface area contributed by atoms with Crippen LogP contribution in [0.1, 0.15) is 38.9 Å². The number of ether oxygens (including phenoxy) is 1. The maximum atomic E-state index is 12.6. The van der Waals surface area contributed by atoms with Crippen LogP contribution in [0.3, 0.4) is 0 Å². The van der Waals surface area contributed by atoms with Crippen LogP contribution < -0.4 is 15.4 Å². The number of hydrogen-bond donors (Lipinski definition) is 3. The lowest BCUT2D eigenvalue weighted by Gasteiger charge is -2.09. The minimum absolute atomic E-state index is 0.0860.